The molecule has 0 aromatic carbocycles. The van der Waals surface area contributed by atoms with E-state index in [2.05, 4.69) is 26.3 Å². The second-order valence-electron chi connectivity index (χ2n) is 2.59. The monoisotopic (exact) mass is 131 g/mol. The quantitative estimate of drug-likeness (QED) is 0.451. The minimum atomic E-state index is 0.668. The van der Waals surface area contributed by atoms with Crippen LogP contribution in [-0.4, -0.2) is 13.2 Å². The molecule has 0 saturated carbocycles. The number of hydrogen-bond acceptors (Lipinski definition) is 2. The lowest BCUT2D eigenvalue weighted by molar-refractivity contribution is 0.0354. The summed E-state index contributed by atoms with van der Waals surface area (Å²) in [5.74, 6) is 0.668. The molecule has 0 atom stereocenters. The lowest BCUT2D eigenvalue weighted by Gasteiger charge is -2.05. The normalized spacial score (nSPS) is 10.7. The molecule has 0 saturated heterocycles. The Morgan fingerprint density at radius 2 is 2.11 bits per heavy atom. The van der Waals surface area contributed by atoms with Crippen LogP contribution in [0.25, 0.3) is 0 Å². The smallest absolute Gasteiger partial charge is 0.0679 e. The average Bonchev–Trinajstić information content (AvgIpc) is 1.80. The van der Waals surface area contributed by atoms with E-state index in [1.807, 2.05) is 0 Å². The second-order valence-corrected chi connectivity index (χ2v) is 2.59. The van der Waals surface area contributed by atoms with Gasteiger partial charge in [-0.25, -0.2) is 5.48 Å². The van der Waals surface area contributed by atoms with Crippen LogP contribution in [0.2, 0.25) is 0 Å². The van der Waals surface area contributed by atoms with Crippen LogP contribution < -0.4 is 5.48 Å². The van der Waals surface area contributed by atoms with Crippen molar-refractivity contribution in [3.05, 3.63) is 0 Å². The van der Waals surface area contributed by atoms with Gasteiger partial charge in [0.1, 0.15) is 0 Å². The molecule has 0 unspecified atom stereocenters. The molecule has 0 aliphatic rings. The highest BCUT2D eigenvalue weighted by Crippen LogP contribution is 1.86. The molecule has 1 N–H and O–H groups in total. The van der Waals surface area contributed by atoms with Crippen molar-refractivity contribution in [3.8, 4) is 0 Å². The Labute approximate surface area is 57.5 Å². The molecular formula is C7H17NO. The highest BCUT2D eigenvalue weighted by molar-refractivity contribution is 4.41. The number of hydroxylamine groups is 1. The third-order valence-electron chi connectivity index (χ3n) is 0.900. The molecule has 0 aliphatic carbocycles. The summed E-state index contributed by atoms with van der Waals surface area (Å²) in [6.07, 6.45) is 1.07. The molecule has 9 heavy (non-hydrogen) atoms. The van der Waals surface area contributed by atoms with Crippen molar-refractivity contribution in [2.24, 2.45) is 5.92 Å². The van der Waals surface area contributed by atoms with Crippen LogP contribution in [0.4, 0.5) is 0 Å². The molecule has 0 amide bonds. The topological polar surface area (TPSA) is 21.3 Å². The van der Waals surface area contributed by atoms with E-state index in [-0.39, 0.29) is 0 Å². The Balaban J connectivity index is 2.75. The molecule has 56 valence electrons. The third-order valence-corrected chi connectivity index (χ3v) is 0.900. The first-order valence-electron chi connectivity index (χ1n) is 3.62. The minimum Gasteiger partial charge on any atom is -0.302 e. The summed E-state index contributed by atoms with van der Waals surface area (Å²) in [4.78, 5) is 5.04. The van der Waals surface area contributed by atoms with Gasteiger partial charge in [-0.05, 0) is 12.3 Å². The summed E-state index contributed by atoms with van der Waals surface area (Å²) < 4.78 is 0. The van der Waals surface area contributed by atoms with Crippen LogP contribution in [0, 0.1) is 5.92 Å². The zero-order chi connectivity index (χ0) is 7.11. The van der Waals surface area contributed by atoms with Gasteiger partial charge in [0.15, 0.2) is 0 Å². The Bertz CT molecular complexity index is 54.9. The van der Waals surface area contributed by atoms with Crippen LogP contribution in [0.5, 0.6) is 0 Å². The summed E-state index contributed by atoms with van der Waals surface area (Å²) in [6.45, 7) is 8.16. The van der Waals surface area contributed by atoms with E-state index in [0.717, 1.165) is 19.6 Å². The highest BCUT2D eigenvalue weighted by atomic mass is 16.6. The van der Waals surface area contributed by atoms with Gasteiger partial charge in [-0.15, -0.1) is 0 Å². The average molecular weight is 131 g/mol. The van der Waals surface area contributed by atoms with Gasteiger partial charge in [0.05, 0.1) is 6.61 Å². The predicted molar refractivity (Wildman–Crippen MR) is 39.1 cm³/mol. The first-order chi connectivity index (χ1) is 4.27. The van der Waals surface area contributed by atoms with Crippen LogP contribution in [-0.2, 0) is 4.84 Å². The van der Waals surface area contributed by atoms with Gasteiger partial charge in [0.25, 0.3) is 0 Å². The first-order valence-corrected chi connectivity index (χ1v) is 3.62. The number of nitrogens with one attached hydrogen (secondary N) is 1. The molecule has 0 aromatic rings. The van der Waals surface area contributed by atoms with Crippen molar-refractivity contribution in [1.82, 2.24) is 5.48 Å². The van der Waals surface area contributed by atoms with Crippen LogP contribution >= 0.6 is 0 Å². The van der Waals surface area contributed by atoms with E-state index in [0.29, 0.717) is 5.92 Å². The van der Waals surface area contributed by atoms with Gasteiger partial charge in [0.2, 0.25) is 0 Å². The first kappa shape index (κ1) is 8.92. The van der Waals surface area contributed by atoms with E-state index < -0.39 is 0 Å². The zero-order valence-corrected chi connectivity index (χ0v) is 6.61. The lowest BCUT2D eigenvalue weighted by Crippen LogP contribution is -2.20. The van der Waals surface area contributed by atoms with Gasteiger partial charge < -0.3 is 4.84 Å². The molecule has 0 rings (SSSR count). The van der Waals surface area contributed by atoms with E-state index >= 15 is 0 Å². The maximum Gasteiger partial charge on any atom is 0.0679 e. The third kappa shape index (κ3) is 7.92. The summed E-state index contributed by atoms with van der Waals surface area (Å²) in [5.41, 5.74) is 2.89. The standard InChI is InChI=1S/C7H17NO/c1-4-5-9-8-6-7(2)3/h7-8H,4-6H2,1-3H3. The largest absolute Gasteiger partial charge is 0.302 e. The Hall–Kier alpha value is -0.0800. The maximum absolute atomic E-state index is 5.04. The van der Waals surface area contributed by atoms with E-state index in [9.17, 15) is 0 Å². The molecule has 0 fully saturated rings. The Morgan fingerprint density at radius 1 is 1.44 bits per heavy atom. The fourth-order valence-corrected chi connectivity index (χ4v) is 0.400. The van der Waals surface area contributed by atoms with Crippen molar-refractivity contribution in [2.45, 2.75) is 27.2 Å². The van der Waals surface area contributed by atoms with E-state index in [1.54, 1.807) is 0 Å². The summed E-state index contributed by atoms with van der Waals surface area (Å²) in [7, 11) is 0. The molecule has 0 aliphatic heterocycles. The van der Waals surface area contributed by atoms with Crippen molar-refractivity contribution >= 4 is 0 Å². The molecular weight excluding hydrogens is 114 g/mol. The predicted octanol–water partition coefficient (Wildman–Crippen LogP) is 1.57. The van der Waals surface area contributed by atoms with Crippen molar-refractivity contribution in [2.75, 3.05) is 13.2 Å². The van der Waals surface area contributed by atoms with Crippen molar-refractivity contribution < 1.29 is 4.84 Å². The van der Waals surface area contributed by atoms with Gasteiger partial charge >= 0.3 is 0 Å². The molecule has 0 radical (unpaired) electrons. The SMILES string of the molecule is CCCONCC(C)C. The molecule has 0 heterocycles. The summed E-state index contributed by atoms with van der Waals surface area (Å²) in [6, 6.07) is 0. The molecule has 0 spiro atoms. The van der Waals surface area contributed by atoms with Crippen LogP contribution in [0.1, 0.15) is 27.2 Å². The van der Waals surface area contributed by atoms with Gasteiger partial charge in [-0.2, -0.15) is 0 Å². The van der Waals surface area contributed by atoms with Crippen LogP contribution in [0.15, 0.2) is 0 Å². The van der Waals surface area contributed by atoms with Gasteiger partial charge in [-0.1, -0.05) is 20.8 Å². The van der Waals surface area contributed by atoms with E-state index in [1.165, 1.54) is 0 Å². The van der Waals surface area contributed by atoms with Crippen molar-refractivity contribution in [3.63, 3.8) is 0 Å². The summed E-state index contributed by atoms with van der Waals surface area (Å²) >= 11 is 0. The van der Waals surface area contributed by atoms with Gasteiger partial charge in [0, 0.05) is 6.54 Å². The fraction of sp³-hybridized carbons (Fsp3) is 1.00. The zero-order valence-electron chi connectivity index (χ0n) is 6.61. The van der Waals surface area contributed by atoms with Crippen LogP contribution in [0.3, 0.4) is 0 Å². The molecule has 0 bridgehead atoms. The number of hydrogen-bond donors (Lipinski definition) is 1. The fourth-order valence-electron chi connectivity index (χ4n) is 0.400. The molecule has 2 nitrogen and oxygen atoms in total. The molecule has 2 heteroatoms. The Morgan fingerprint density at radius 3 is 2.56 bits per heavy atom. The number of rotatable bonds is 5. The molecule has 0 aromatic heterocycles. The minimum absolute atomic E-state index is 0.668. The van der Waals surface area contributed by atoms with Crippen molar-refractivity contribution in [1.29, 1.82) is 0 Å². The lowest BCUT2D eigenvalue weighted by atomic mass is 10.2. The highest BCUT2D eigenvalue weighted by Gasteiger charge is 1.90. The summed E-state index contributed by atoms with van der Waals surface area (Å²) in [5, 5.41) is 0. The maximum atomic E-state index is 5.04. The Kier molecular flexibility index (Phi) is 5.99. The van der Waals surface area contributed by atoms with Gasteiger partial charge in [-0.3, -0.25) is 0 Å². The van der Waals surface area contributed by atoms with E-state index in [4.69, 9.17) is 4.84 Å². The second kappa shape index (κ2) is 6.05.